The first-order valence-electron chi connectivity index (χ1n) is 22.8. The fourth-order valence-corrected chi connectivity index (χ4v) is 10.4. The highest BCUT2D eigenvalue weighted by Gasteiger charge is 2.36. The summed E-state index contributed by atoms with van der Waals surface area (Å²) in [5, 5.41) is 2.39. The molecule has 0 radical (unpaired) electrons. The molecule has 0 bridgehead atoms. The van der Waals surface area contributed by atoms with Crippen LogP contribution in [0, 0.1) is 0 Å². The SMILES string of the molecule is CC1(C)c2cc(-c3ccc(-c4ccccc4)cc3)ccc2-c2ccc(-n3c4ccccc4c4c(N(c5ccccc5)c5ccccc5)cc(N(c5ccccc5)c5ccccc5)cc43)cc21. The van der Waals surface area contributed by atoms with E-state index in [1.165, 1.54) is 55.3 Å². The standard InChI is InChI=1S/C63H47N3/c1-63(2)57-40-47(46-34-32-45(33-35-46)44-20-8-3-9-21-44)36-38-54(57)55-39-37-52(41-58(55)63)66-59-31-19-18-30-56(59)62-60(65(50-26-14-6-15-27-50)51-28-16-7-17-29-51)42-53(43-61(62)66)64(48-22-10-4-11-23-48)49-24-12-5-13-25-49/h3-43H,1-2H3. The third-order valence-electron chi connectivity index (χ3n) is 13.5. The molecule has 3 nitrogen and oxygen atoms in total. The zero-order valence-corrected chi connectivity index (χ0v) is 37.0. The third kappa shape index (κ3) is 6.59. The molecule has 0 saturated carbocycles. The molecule has 0 aliphatic heterocycles. The van der Waals surface area contributed by atoms with Gasteiger partial charge in [-0.25, -0.2) is 0 Å². The predicted molar refractivity (Wildman–Crippen MR) is 279 cm³/mol. The number of hydrogen-bond donors (Lipinski definition) is 0. The molecule has 11 aromatic rings. The van der Waals surface area contributed by atoms with E-state index in [0.717, 1.165) is 50.8 Å². The van der Waals surface area contributed by atoms with Gasteiger partial charge in [-0.2, -0.15) is 0 Å². The Morgan fingerprint density at radius 2 is 0.773 bits per heavy atom. The number of para-hydroxylation sites is 5. The quantitative estimate of drug-likeness (QED) is 0.143. The first-order chi connectivity index (χ1) is 32.5. The van der Waals surface area contributed by atoms with Crippen LogP contribution in [0.5, 0.6) is 0 Å². The van der Waals surface area contributed by atoms with E-state index in [0.29, 0.717) is 0 Å². The summed E-state index contributed by atoms with van der Waals surface area (Å²) in [7, 11) is 0. The maximum absolute atomic E-state index is 2.50. The Bertz CT molecular complexity index is 3440. The lowest BCUT2D eigenvalue weighted by Gasteiger charge is -2.30. The first kappa shape index (κ1) is 39.2. The summed E-state index contributed by atoms with van der Waals surface area (Å²) in [5.74, 6) is 0. The lowest BCUT2D eigenvalue weighted by Crippen LogP contribution is -2.15. The van der Waals surface area contributed by atoms with Gasteiger partial charge in [0.25, 0.3) is 0 Å². The molecule has 12 rings (SSSR count). The van der Waals surface area contributed by atoms with Crippen molar-refractivity contribution in [1.82, 2.24) is 4.57 Å². The summed E-state index contributed by atoms with van der Waals surface area (Å²) in [4.78, 5) is 4.81. The van der Waals surface area contributed by atoms with Gasteiger partial charge in [0.15, 0.2) is 0 Å². The summed E-state index contributed by atoms with van der Waals surface area (Å²) in [5.41, 5.74) is 19.9. The monoisotopic (exact) mass is 845 g/mol. The van der Waals surface area contributed by atoms with Crippen molar-refractivity contribution < 1.29 is 0 Å². The van der Waals surface area contributed by atoms with Gasteiger partial charge < -0.3 is 14.4 Å². The molecule has 314 valence electrons. The van der Waals surface area contributed by atoms with E-state index in [-0.39, 0.29) is 5.41 Å². The normalized spacial score (nSPS) is 12.5. The van der Waals surface area contributed by atoms with Gasteiger partial charge in [-0.15, -0.1) is 0 Å². The van der Waals surface area contributed by atoms with Crippen LogP contribution in [0.15, 0.2) is 249 Å². The van der Waals surface area contributed by atoms with Crippen LogP contribution < -0.4 is 9.80 Å². The Hall–Kier alpha value is -8.40. The van der Waals surface area contributed by atoms with Crippen molar-refractivity contribution in [3.05, 3.63) is 260 Å². The predicted octanol–water partition coefficient (Wildman–Crippen LogP) is 17.4. The average molecular weight is 846 g/mol. The Kier molecular flexibility index (Phi) is 9.50. The summed E-state index contributed by atoms with van der Waals surface area (Å²) in [6.45, 7) is 4.78. The minimum absolute atomic E-state index is 0.232. The van der Waals surface area contributed by atoms with E-state index in [2.05, 4.69) is 277 Å². The van der Waals surface area contributed by atoms with Gasteiger partial charge in [0.05, 0.1) is 22.4 Å². The van der Waals surface area contributed by atoms with Crippen molar-refractivity contribution in [1.29, 1.82) is 0 Å². The minimum Gasteiger partial charge on any atom is -0.310 e. The van der Waals surface area contributed by atoms with E-state index >= 15 is 0 Å². The third-order valence-corrected chi connectivity index (χ3v) is 13.5. The molecule has 0 saturated heterocycles. The van der Waals surface area contributed by atoms with Crippen LogP contribution in [0.3, 0.4) is 0 Å². The summed E-state index contributed by atoms with van der Waals surface area (Å²) >= 11 is 0. The lowest BCUT2D eigenvalue weighted by atomic mass is 9.81. The maximum atomic E-state index is 2.50. The van der Waals surface area contributed by atoms with Crippen molar-refractivity contribution in [2.24, 2.45) is 0 Å². The van der Waals surface area contributed by atoms with Gasteiger partial charge in [-0.1, -0.05) is 178 Å². The van der Waals surface area contributed by atoms with Crippen LogP contribution in [0.2, 0.25) is 0 Å². The number of fused-ring (bicyclic) bond motifs is 6. The number of nitrogens with zero attached hydrogens (tertiary/aromatic N) is 3. The fraction of sp³-hybridized carbons (Fsp3) is 0.0476. The molecule has 10 aromatic carbocycles. The summed E-state index contributed by atoms with van der Waals surface area (Å²) in [6, 6.07) is 90.5. The van der Waals surface area contributed by atoms with Gasteiger partial charge in [-0.05, 0) is 129 Å². The molecule has 0 N–H and O–H groups in total. The van der Waals surface area contributed by atoms with Crippen molar-refractivity contribution in [3.8, 4) is 39.1 Å². The largest absolute Gasteiger partial charge is 0.310 e. The minimum atomic E-state index is -0.232. The second kappa shape index (κ2) is 16.0. The molecule has 0 atom stereocenters. The van der Waals surface area contributed by atoms with Crippen LogP contribution in [0.1, 0.15) is 25.0 Å². The van der Waals surface area contributed by atoms with Gasteiger partial charge in [0, 0.05) is 44.6 Å². The Morgan fingerprint density at radius 1 is 0.333 bits per heavy atom. The Balaban J connectivity index is 1.07. The lowest BCUT2D eigenvalue weighted by molar-refractivity contribution is 0.660. The number of anilines is 6. The van der Waals surface area contributed by atoms with Gasteiger partial charge in [0.2, 0.25) is 0 Å². The van der Waals surface area contributed by atoms with Gasteiger partial charge in [0.1, 0.15) is 0 Å². The Morgan fingerprint density at radius 3 is 1.35 bits per heavy atom. The molecule has 1 aliphatic carbocycles. The molecule has 0 fully saturated rings. The van der Waals surface area contributed by atoms with Crippen molar-refractivity contribution >= 4 is 55.9 Å². The van der Waals surface area contributed by atoms with Crippen LogP contribution >= 0.6 is 0 Å². The van der Waals surface area contributed by atoms with Crippen LogP contribution in [0.25, 0.3) is 60.9 Å². The van der Waals surface area contributed by atoms with Crippen LogP contribution in [-0.4, -0.2) is 4.57 Å². The molecule has 0 unspecified atom stereocenters. The fourth-order valence-electron chi connectivity index (χ4n) is 10.4. The molecular weight excluding hydrogens is 799 g/mol. The van der Waals surface area contributed by atoms with Crippen molar-refractivity contribution in [3.63, 3.8) is 0 Å². The zero-order chi connectivity index (χ0) is 44.2. The smallest absolute Gasteiger partial charge is 0.0583 e. The maximum Gasteiger partial charge on any atom is 0.0583 e. The van der Waals surface area contributed by atoms with E-state index in [4.69, 9.17) is 0 Å². The van der Waals surface area contributed by atoms with E-state index < -0.39 is 0 Å². The van der Waals surface area contributed by atoms with Gasteiger partial charge in [-0.3, -0.25) is 0 Å². The van der Waals surface area contributed by atoms with E-state index in [9.17, 15) is 0 Å². The second-order valence-corrected chi connectivity index (χ2v) is 17.8. The van der Waals surface area contributed by atoms with Crippen LogP contribution in [-0.2, 0) is 5.41 Å². The average Bonchev–Trinajstić information content (AvgIpc) is 3.83. The molecule has 0 amide bonds. The van der Waals surface area contributed by atoms with Gasteiger partial charge >= 0.3 is 0 Å². The van der Waals surface area contributed by atoms with E-state index in [1.807, 2.05) is 0 Å². The highest BCUT2D eigenvalue weighted by atomic mass is 15.2. The van der Waals surface area contributed by atoms with Crippen LogP contribution in [0.4, 0.5) is 34.1 Å². The number of rotatable bonds is 9. The first-order valence-corrected chi connectivity index (χ1v) is 22.8. The molecular formula is C63H47N3. The molecule has 1 heterocycles. The second-order valence-electron chi connectivity index (χ2n) is 17.8. The summed E-state index contributed by atoms with van der Waals surface area (Å²) in [6.07, 6.45) is 0. The molecule has 1 aliphatic rings. The van der Waals surface area contributed by atoms with Crippen molar-refractivity contribution in [2.75, 3.05) is 9.80 Å². The molecule has 0 spiro atoms. The molecule has 66 heavy (non-hydrogen) atoms. The summed E-state index contributed by atoms with van der Waals surface area (Å²) < 4.78 is 2.50. The highest BCUT2D eigenvalue weighted by Crippen LogP contribution is 2.52. The van der Waals surface area contributed by atoms with Crippen molar-refractivity contribution in [2.45, 2.75) is 19.3 Å². The zero-order valence-electron chi connectivity index (χ0n) is 37.0. The number of benzene rings is 10. The molecule has 1 aromatic heterocycles. The van der Waals surface area contributed by atoms with E-state index in [1.54, 1.807) is 0 Å². The Labute approximate surface area is 386 Å². The molecule has 3 heteroatoms. The highest BCUT2D eigenvalue weighted by molar-refractivity contribution is 6.18. The topological polar surface area (TPSA) is 11.4 Å². The number of aromatic nitrogens is 1. The number of hydrogen-bond acceptors (Lipinski definition) is 2.